The molecule has 1 rings (SSSR count). The highest BCUT2D eigenvalue weighted by Gasteiger charge is 2.15. The van der Waals surface area contributed by atoms with Crippen LogP contribution in [-0.2, 0) is 11.3 Å². The molecule has 120 valence electrons. The van der Waals surface area contributed by atoms with Crippen molar-refractivity contribution < 1.29 is 4.74 Å². The van der Waals surface area contributed by atoms with Crippen LogP contribution in [0.2, 0.25) is 0 Å². The molecule has 0 amide bonds. The maximum atomic E-state index is 5.19. The highest BCUT2D eigenvalue weighted by molar-refractivity contribution is 5.38. The molecule has 0 aliphatic heterocycles. The van der Waals surface area contributed by atoms with Gasteiger partial charge in [-0.3, -0.25) is 0 Å². The second-order valence-corrected chi connectivity index (χ2v) is 6.43. The Hall–Kier alpha value is -1.20. The molecule has 21 heavy (non-hydrogen) atoms. The van der Waals surface area contributed by atoms with E-state index in [0.717, 1.165) is 31.0 Å². The number of hydrogen-bond acceptors (Lipinski definition) is 5. The van der Waals surface area contributed by atoms with Crippen molar-refractivity contribution in [2.75, 3.05) is 25.2 Å². The summed E-state index contributed by atoms with van der Waals surface area (Å²) in [4.78, 5) is 2.25. The third-order valence-corrected chi connectivity index (χ3v) is 3.46. The van der Waals surface area contributed by atoms with E-state index in [9.17, 15) is 0 Å². The molecule has 1 aromatic heterocycles. The average molecular weight is 294 g/mol. The van der Waals surface area contributed by atoms with Crippen LogP contribution in [0, 0.1) is 0 Å². The van der Waals surface area contributed by atoms with Crippen LogP contribution >= 0.6 is 0 Å². The van der Waals surface area contributed by atoms with Crippen molar-refractivity contribution in [3.63, 3.8) is 0 Å². The molecule has 5 nitrogen and oxygen atoms in total. The SMILES string of the molecule is CCC(C)N(CCOC)c1ccc(CNC(C)(C)C)nn1. The van der Waals surface area contributed by atoms with Crippen LogP contribution in [-0.4, -0.2) is 42.0 Å². The van der Waals surface area contributed by atoms with Crippen molar-refractivity contribution in [1.82, 2.24) is 15.5 Å². The van der Waals surface area contributed by atoms with E-state index in [2.05, 4.69) is 61.1 Å². The van der Waals surface area contributed by atoms with Crippen LogP contribution < -0.4 is 10.2 Å². The van der Waals surface area contributed by atoms with E-state index >= 15 is 0 Å². The van der Waals surface area contributed by atoms with Crippen LogP contribution in [0.15, 0.2) is 12.1 Å². The summed E-state index contributed by atoms with van der Waals surface area (Å²) < 4.78 is 5.19. The molecule has 0 radical (unpaired) electrons. The number of methoxy groups -OCH3 is 1. The summed E-state index contributed by atoms with van der Waals surface area (Å²) in [5, 5.41) is 12.1. The second kappa shape index (κ2) is 8.29. The molecule has 1 unspecified atom stereocenters. The minimum atomic E-state index is 0.0849. The normalized spacial score (nSPS) is 13.2. The monoisotopic (exact) mass is 294 g/mol. The summed E-state index contributed by atoms with van der Waals surface area (Å²) in [7, 11) is 1.72. The lowest BCUT2D eigenvalue weighted by Gasteiger charge is -2.29. The number of nitrogens with one attached hydrogen (secondary N) is 1. The summed E-state index contributed by atoms with van der Waals surface area (Å²) in [5.41, 5.74) is 1.05. The van der Waals surface area contributed by atoms with Gasteiger partial charge in [0.25, 0.3) is 0 Å². The van der Waals surface area contributed by atoms with Crippen molar-refractivity contribution in [2.24, 2.45) is 0 Å². The second-order valence-electron chi connectivity index (χ2n) is 6.43. The molecular formula is C16H30N4O. The fourth-order valence-electron chi connectivity index (χ4n) is 1.93. The number of anilines is 1. The van der Waals surface area contributed by atoms with Gasteiger partial charge in [-0.1, -0.05) is 6.92 Å². The standard InChI is InChI=1S/C16H30N4O/c1-7-13(2)20(10-11-21-6)15-9-8-14(18-19-15)12-17-16(3,4)5/h8-9,13,17H,7,10-12H2,1-6H3. The van der Waals surface area contributed by atoms with Gasteiger partial charge in [-0.25, -0.2) is 0 Å². The van der Waals surface area contributed by atoms with E-state index in [-0.39, 0.29) is 5.54 Å². The fourth-order valence-corrected chi connectivity index (χ4v) is 1.93. The quantitative estimate of drug-likeness (QED) is 0.798. The summed E-state index contributed by atoms with van der Waals surface area (Å²) in [5.74, 6) is 0.918. The van der Waals surface area contributed by atoms with Gasteiger partial charge in [-0.2, -0.15) is 5.10 Å². The van der Waals surface area contributed by atoms with Crippen LogP contribution in [0.5, 0.6) is 0 Å². The lowest BCUT2D eigenvalue weighted by molar-refractivity contribution is 0.203. The van der Waals surface area contributed by atoms with Gasteiger partial charge < -0.3 is 15.0 Å². The maximum absolute atomic E-state index is 5.19. The lowest BCUT2D eigenvalue weighted by atomic mass is 10.1. The Bertz CT molecular complexity index is 400. The summed E-state index contributed by atoms with van der Waals surface area (Å²) >= 11 is 0. The van der Waals surface area contributed by atoms with Gasteiger partial charge in [-0.15, -0.1) is 5.10 Å². The number of hydrogen-bond donors (Lipinski definition) is 1. The van der Waals surface area contributed by atoms with Crippen LogP contribution in [0.4, 0.5) is 5.82 Å². The van der Waals surface area contributed by atoms with E-state index < -0.39 is 0 Å². The number of nitrogens with zero attached hydrogens (tertiary/aromatic N) is 3. The first-order valence-corrected chi connectivity index (χ1v) is 7.70. The lowest BCUT2D eigenvalue weighted by Crippen LogP contribution is -2.37. The van der Waals surface area contributed by atoms with Gasteiger partial charge in [0.05, 0.1) is 12.3 Å². The van der Waals surface area contributed by atoms with Crippen LogP contribution in [0.1, 0.15) is 46.7 Å². The first kappa shape index (κ1) is 17.9. The van der Waals surface area contributed by atoms with E-state index in [1.54, 1.807) is 7.11 Å². The Kier molecular flexibility index (Phi) is 7.05. The van der Waals surface area contributed by atoms with Crippen molar-refractivity contribution >= 4 is 5.82 Å². The zero-order valence-corrected chi connectivity index (χ0v) is 14.3. The number of aromatic nitrogens is 2. The fraction of sp³-hybridized carbons (Fsp3) is 0.750. The molecule has 0 saturated carbocycles. The van der Waals surface area contributed by atoms with Gasteiger partial charge in [0.1, 0.15) is 0 Å². The predicted octanol–water partition coefficient (Wildman–Crippen LogP) is 2.62. The van der Waals surface area contributed by atoms with Gasteiger partial charge >= 0.3 is 0 Å². The highest BCUT2D eigenvalue weighted by Crippen LogP contribution is 2.15. The molecule has 0 aliphatic rings. The van der Waals surface area contributed by atoms with Crippen LogP contribution in [0.25, 0.3) is 0 Å². The highest BCUT2D eigenvalue weighted by atomic mass is 16.5. The average Bonchev–Trinajstić information content (AvgIpc) is 2.45. The van der Waals surface area contributed by atoms with Gasteiger partial charge in [0.15, 0.2) is 5.82 Å². The summed E-state index contributed by atoms with van der Waals surface area (Å²) in [6.45, 7) is 13.1. The Morgan fingerprint density at radius 2 is 2.00 bits per heavy atom. The van der Waals surface area contributed by atoms with Gasteiger partial charge in [-0.05, 0) is 46.2 Å². The first-order valence-electron chi connectivity index (χ1n) is 7.70. The molecule has 1 N–H and O–H groups in total. The maximum Gasteiger partial charge on any atom is 0.151 e. The van der Waals surface area contributed by atoms with Gasteiger partial charge in [0, 0.05) is 31.8 Å². The third-order valence-electron chi connectivity index (χ3n) is 3.46. The molecule has 1 atom stereocenters. The Balaban J connectivity index is 2.72. The molecule has 5 heteroatoms. The molecule has 1 heterocycles. The zero-order chi connectivity index (χ0) is 15.9. The number of ether oxygens (including phenoxy) is 1. The van der Waals surface area contributed by atoms with E-state index in [0.29, 0.717) is 12.6 Å². The van der Waals surface area contributed by atoms with Crippen LogP contribution in [0.3, 0.4) is 0 Å². The predicted molar refractivity (Wildman–Crippen MR) is 87.6 cm³/mol. The van der Waals surface area contributed by atoms with Crippen molar-refractivity contribution in [2.45, 2.75) is 59.2 Å². The van der Waals surface area contributed by atoms with Gasteiger partial charge in [0.2, 0.25) is 0 Å². The Labute approximate surface area is 129 Å². The molecule has 0 spiro atoms. The molecule has 0 aliphatic carbocycles. The molecule has 1 aromatic rings. The summed E-state index contributed by atoms with van der Waals surface area (Å²) in [6.07, 6.45) is 1.07. The largest absolute Gasteiger partial charge is 0.383 e. The molecule has 0 fully saturated rings. The van der Waals surface area contributed by atoms with Crippen molar-refractivity contribution in [3.8, 4) is 0 Å². The molecule has 0 bridgehead atoms. The third kappa shape index (κ3) is 6.40. The number of rotatable bonds is 8. The molecule has 0 saturated heterocycles. The minimum absolute atomic E-state index is 0.0849. The topological polar surface area (TPSA) is 50.3 Å². The van der Waals surface area contributed by atoms with E-state index in [1.807, 2.05) is 6.07 Å². The van der Waals surface area contributed by atoms with Crippen molar-refractivity contribution in [3.05, 3.63) is 17.8 Å². The Morgan fingerprint density at radius 1 is 1.29 bits per heavy atom. The van der Waals surface area contributed by atoms with E-state index in [4.69, 9.17) is 4.74 Å². The Morgan fingerprint density at radius 3 is 2.48 bits per heavy atom. The first-order chi connectivity index (χ1) is 9.87. The smallest absolute Gasteiger partial charge is 0.151 e. The molecule has 0 aromatic carbocycles. The minimum Gasteiger partial charge on any atom is -0.383 e. The van der Waals surface area contributed by atoms with Crippen molar-refractivity contribution in [1.29, 1.82) is 0 Å². The van der Waals surface area contributed by atoms with E-state index in [1.165, 1.54) is 0 Å². The summed E-state index contributed by atoms with van der Waals surface area (Å²) in [6, 6.07) is 4.52. The zero-order valence-electron chi connectivity index (χ0n) is 14.3. The molecular weight excluding hydrogens is 264 g/mol.